The lowest BCUT2D eigenvalue weighted by Crippen LogP contribution is -2.13. The van der Waals surface area contributed by atoms with E-state index < -0.39 is 0 Å². The second-order valence-corrected chi connectivity index (χ2v) is 9.84. The number of H-pyrrole nitrogens is 1. The topological polar surface area (TPSA) is 93.2 Å². The zero-order chi connectivity index (χ0) is 26.1. The summed E-state index contributed by atoms with van der Waals surface area (Å²) in [5.74, 6) is 0. The Hall–Kier alpha value is -4.89. The number of benzene rings is 3. The van der Waals surface area contributed by atoms with Crippen LogP contribution in [-0.4, -0.2) is 30.5 Å². The number of fused-ring (bicyclic) bond motifs is 1. The van der Waals surface area contributed by atoms with Gasteiger partial charge in [0, 0.05) is 17.3 Å². The van der Waals surface area contributed by atoms with Gasteiger partial charge in [0.15, 0.2) is 5.65 Å². The second-order valence-electron chi connectivity index (χ2n) is 8.86. The fourth-order valence-corrected chi connectivity index (χ4v) is 5.06. The molecule has 0 spiro atoms. The molecular weight excluding hydrogens is 494 g/mol. The van der Waals surface area contributed by atoms with E-state index in [4.69, 9.17) is 5.10 Å². The first-order chi connectivity index (χ1) is 18.6. The Balaban J connectivity index is 1.48. The van der Waals surface area contributed by atoms with E-state index in [-0.39, 0.29) is 5.56 Å². The quantitative estimate of drug-likeness (QED) is 0.252. The van der Waals surface area contributed by atoms with Crippen molar-refractivity contribution in [3.63, 3.8) is 0 Å². The predicted octanol–water partition coefficient (Wildman–Crippen LogP) is 5.18. The van der Waals surface area contributed by atoms with Gasteiger partial charge in [0.05, 0.1) is 23.9 Å². The molecule has 0 aliphatic heterocycles. The molecular formula is C29H23N7OS. The third-order valence-electron chi connectivity index (χ3n) is 6.11. The van der Waals surface area contributed by atoms with Crippen molar-refractivity contribution in [2.75, 3.05) is 0 Å². The number of aromatic nitrogens is 5. The molecule has 0 amide bonds. The van der Waals surface area contributed by atoms with Gasteiger partial charge >= 0.3 is 0 Å². The number of nitrogens with zero attached hydrogens (tertiary/aromatic N) is 6. The summed E-state index contributed by atoms with van der Waals surface area (Å²) in [5, 5.41) is 13.8. The van der Waals surface area contributed by atoms with Crippen LogP contribution < -0.4 is 10.4 Å². The van der Waals surface area contributed by atoms with E-state index in [1.807, 2.05) is 77.0 Å². The van der Waals surface area contributed by atoms with Crippen LogP contribution in [0.4, 0.5) is 0 Å². The number of hydrogen-bond acceptors (Lipinski definition) is 6. The van der Waals surface area contributed by atoms with Gasteiger partial charge in [-0.2, -0.15) is 10.2 Å². The molecule has 0 aliphatic carbocycles. The Morgan fingerprint density at radius 2 is 1.61 bits per heavy atom. The Morgan fingerprint density at radius 3 is 2.34 bits per heavy atom. The first kappa shape index (κ1) is 23.5. The van der Waals surface area contributed by atoms with Crippen LogP contribution in [0.1, 0.15) is 16.7 Å². The maximum absolute atomic E-state index is 12.5. The molecule has 0 saturated heterocycles. The molecule has 0 unspecified atom stereocenters. The van der Waals surface area contributed by atoms with Crippen LogP contribution in [0.15, 0.2) is 106 Å². The third kappa shape index (κ3) is 4.51. The lowest BCUT2D eigenvalue weighted by atomic mass is 10.1. The number of thiazole rings is 1. The van der Waals surface area contributed by atoms with E-state index in [1.165, 1.54) is 23.2 Å². The van der Waals surface area contributed by atoms with Crippen LogP contribution >= 0.6 is 11.3 Å². The highest BCUT2D eigenvalue weighted by Crippen LogP contribution is 2.23. The van der Waals surface area contributed by atoms with Crippen molar-refractivity contribution in [1.29, 1.82) is 0 Å². The first-order valence-corrected chi connectivity index (χ1v) is 12.8. The molecule has 3 heterocycles. The standard InChI is InChI=1S/C29H23N7OS/c1-19-8-12-21(13-9-19)25-22(17-35(34-25)23-6-4-3-5-7-23)16-32-33-29-36(24-14-10-20(2)11-15-24)27-26(38-29)28(37)31-18-30-27/h3-18H,1-2H3,(H,30,31,37)/b32-16+,33-29-. The number of nitrogens with one attached hydrogen (secondary N) is 1. The van der Waals surface area contributed by atoms with Gasteiger partial charge in [-0.05, 0) is 38.1 Å². The van der Waals surface area contributed by atoms with Crippen molar-refractivity contribution >= 4 is 27.9 Å². The minimum atomic E-state index is -0.211. The smallest absolute Gasteiger partial charge is 0.270 e. The Morgan fingerprint density at radius 1 is 0.895 bits per heavy atom. The summed E-state index contributed by atoms with van der Waals surface area (Å²) in [4.78, 5) is 20.1. The van der Waals surface area contributed by atoms with Crippen molar-refractivity contribution in [2.45, 2.75) is 13.8 Å². The van der Waals surface area contributed by atoms with Crippen molar-refractivity contribution in [2.24, 2.45) is 10.2 Å². The van der Waals surface area contributed by atoms with Crippen LogP contribution in [0.2, 0.25) is 0 Å². The number of rotatable bonds is 5. The Bertz CT molecular complexity index is 1890. The summed E-state index contributed by atoms with van der Waals surface area (Å²) in [6.07, 6.45) is 5.04. The van der Waals surface area contributed by atoms with E-state index in [2.05, 4.69) is 51.4 Å². The van der Waals surface area contributed by atoms with Crippen molar-refractivity contribution < 1.29 is 0 Å². The number of aromatic amines is 1. The molecule has 0 bridgehead atoms. The summed E-state index contributed by atoms with van der Waals surface area (Å²) in [7, 11) is 0. The van der Waals surface area contributed by atoms with Gasteiger partial charge in [-0.1, -0.05) is 77.1 Å². The van der Waals surface area contributed by atoms with Crippen molar-refractivity contribution in [3.05, 3.63) is 123 Å². The number of para-hydroxylation sites is 1. The van der Waals surface area contributed by atoms with E-state index in [9.17, 15) is 4.79 Å². The average molecular weight is 518 g/mol. The summed E-state index contributed by atoms with van der Waals surface area (Å²) in [6, 6.07) is 26.2. The monoisotopic (exact) mass is 517 g/mol. The molecule has 0 aliphatic rings. The molecule has 9 heteroatoms. The van der Waals surface area contributed by atoms with E-state index in [0.29, 0.717) is 15.1 Å². The van der Waals surface area contributed by atoms with E-state index in [1.54, 1.807) is 6.21 Å². The van der Waals surface area contributed by atoms with Gasteiger partial charge in [-0.25, -0.2) is 9.67 Å². The first-order valence-electron chi connectivity index (χ1n) is 12.0. The molecule has 1 N–H and O–H groups in total. The summed E-state index contributed by atoms with van der Waals surface area (Å²) in [6.45, 7) is 4.09. The molecule has 38 heavy (non-hydrogen) atoms. The van der Waals surface area contributed by atoms with Gasteiger partial charge in [-0.3, -0.25) is 9.36 Å². The minimum absolute atomic E-state index is 0.211. The maximum Gasteiger partial charge on any atom is 0.270 e. The van der Waals surface area contributed by atoms with Gasteiger partial charge in [0.25, 0.3) is 5.56 Å². The number of aryl methyl sites for hydroxylation is 2. The molecule has 0 radical (unpaired) electrons. The predicted molar refractivity (Wildman–Crippen MR) is 151 cm³/mol. The molecule has 6 rings (SSSR count). The van der Waals surface area contributed by atoms with Crippen LogP contribution in [0.3, 0.4) is 0 Å². The summed E-state index contributed by atoms with van der Waals surface area (Å²) >= 11 is 1.24. The van der Waals surface area contributed by atoms with E-state index >= 15 is 0 Å². The molecule has 3 aromatic heterocycles. The normalized spacial score (nSPS) is 12.1. The molecule has 186 valence electrons. The Labute approximate surface area is 221 Å². The summed E-state index contributed by atoms with van der Waals surface area (Å²) in [5.41, 5.74) is 7.04. The second kappa shape index (κ2) is 9.87. The molecule has 8 nitrogen and oxygen atoms in total. The lowest BCUT2D eigenvalue weighted by molar-refractivity contribution is 0.884. The van der Waals surface area contributed by atoms with Crippen LogP contribution in [-0.2, 0) is 0 Å². The van der Waals surface area contributed by atoms with Gasteiger partial charge in [-0.15, -0.1) is 5.10 Å². The zero-order valence-corrected chi connectivity index (χ0v) is 21.6. The largest absolute Gasteiger partial charge is 0.312 e. The molecule has 0 atom stereocenters. The average Bonchev–Trinajstić information content (AvgIpc) is 3.53. The van der Waals surface area contributed by atoms with Crippen molar-refractivity contribution in [3.8, 4) is 22.6 Å². The molecule has 6 aromatic rings. The number of hydrogen-bond donors (Lipinski definition) is 1. The van der Waals surface area contributed by atoms with Gasteiger partial charge in [0.2, 0.25) is 4.80 Å². The lowest BCUT2D eigenvalue weighted by Gasteiger charge is -2.04. The van der Waals surface area contributed by atoms with Crippen molar-refractivity contribution in [1.82, 2.24) is 24.3 Å². The minimum Gasteiger partial charge on any atom is -0.312 e. The van der Waals surface area contributed by atoms with Crippen LogP contribution in [0, 0.1) is 13.8 Å². The maximum atomic E-state index is 12.5. The van der Waals surface area contributed by atoms with Gasteiger partial charge < -0.3 is 4.98 Å². The SMILES string of the molecule is Cc1ccc(-c2nn(-c3ccccc3)cc2/C=N/N=c2\sc3c(=O)[nH]cnc3n2-c2ccc(C)cc2)cc1. The fraction of sp³-hybridized carbons (Fsp3) is 0.0690. The Kier molecular flexibility index (Phi) is 6.11. The van der Waals surface area contributed by atoms with Crippen LogP contribution in [0.5, 0.6) is 0 Å². The van der Waals surface area contributed by atoms with Crippen LogP contribution in [0.25, 0.3) is 33.0 Å². The molecule has 0 saturated carbocycles. The van der Waals surface area contributed by atoms with E-state index in [0.717, 1.165) is 33.8 Å². The summed E-state index contributed by atoms with van der Waals surface area (Å²) < 4.78 is 4.17. The highest BCUT2D eigenvalue weighted by molar-refractivity contribution is 7.16. The highest BCUT2D eigenvalue weighted by Gasteiger charge is 2.13. The molecule has 3 aromatic carbocycles. The molecule has 0 fully saturated rings. The zero-order valence-electron chi connectivity index (χ0n) is 20.7. The van der Waals surface area contributed by atoms with Gasteiger partial charge in [0.1, 0.15) is 10.4 Å². The highest BCUT2D eigenvalue weighted by atomic mass is 32.1. The fourth-order valence-electron chi connectivity index (χ4n) is 4.12. The third-order valence-corrected chi connectivity index (χ3v) is 7.13.